The van der Waals surface area contributed by atoms with Gasteiger partial charge < -0.3 is 4.90 Å². The Morgan fingerprint density at radius 3 is 2.64 bits per heavy atom. The average Bonchev–Trinajstić information content (AvgIpc) is 2.78. The second-order valence-electron chi connectivity index (χ2n) is 6.46. The minimum absolute atomic E-state index is 0.150. The number of piperidine rings is 1. The number of rotatable bonds is 3. The fourth-order valence-electron chi connectivity index (χ4n) is 3.47. The fourth-order valence-corrected chi connectivity index (χ4v) is 3.47. The van der Waals surface area contributed by atoms with Crippen molar-refractivity contribution in [2.24, 2.45) is 4.99 Å². The third-order valence-electron chi connectivity index (χ3n) is 4.83. The van der Waals surface area contributed by atoms with E-state index in [9.17, 15) is 10.1 Å². The van der Waals surface area contributed by atoms with Crippen molar-refractivity contribution in [2.45, 2.75) is 25.8 Å². The lowest BCUT2D eigenvalue weighted by Gasteiger charge is -2.44. The van der Waals surface area contributed by atoms with E-state index in [4.69, 9.17) is 0 Å². The summed E-state index contributed by atoms with van der Waals surface area (Å²) in [5.41, 5.74) is 1.44. The molecule has 28 heavy (non-hydrogen) atoms. The number of terminal acetylenes is 1. The first-order valence-electron chi connectivity index (χ1n) is 9.15. The van der Waals surface area contributed by atoms with Crippen molar-refractivity contribution in [3.05, 3.63) is 59.8 Å². The molecule has 0 atom stereocenters. The van der Waals surface area contributed by atoms with Crippen LogP contribution in [0.25, 0.3) is 0 Å². The summed E-state index contributed by atoms with van der Waals surface area (Å²) in [7, 11) is 0. The molecule has 4 rings (SSSR count). The molecule has 0 aromatic heterocycles. The molecule has 0 N–H and O–H groups in total. The number of likely N-dealkylation sites (tertiary alicyclic amines) is 1. The van der Waals surface area contributed by atoms with Gasteiger partial charge in [0.25, 0.3) is 0 Å². The van der Waals surface area contributed by atoms with Gasteiger partial charge in [0.05, 0.1) is 30.6 Å². The Labute approximate surface area is 165 Å². The van der Waals surface area contributed by atoms with Crippen molar-refractivity contribution in [1.82, 2.24) is 19.8 Å². The van der Waals surface area contributed by atoms with E-state index in [0.29, 0.717) is 12.1 Å². The molecule has 0 unspecified atom stereocenters. The van der Waals surface area contributed by atoms with Crippen LogP contribution in [0, 0.1) is 24.2 Å². The molecular weight excluding hydrogens is 352 g/mol. The predicted octanol–water partition coefficient (Wildman–Crippen LogP) is 3.06. The van der Waals surface area contributed by atoms with E-state index in [0.717, 1.165) is 37.3 Å². The summed E-state index contributed by atoms with van der Waals surface area (Å²) < 4.78 is 0. The van der Waals surface area contributed by atoms with E-state index in [1.54, 1.807) is 34.7 Å². The minimum atomic E-state index is -0.150. The first-order chi connectivity index (χ1) is 13.8. The van der Waals surface area contributed by atoms with E-state index < -0.39 is 0 Å². The average molecular weight is 374 g/mol. The van der Waals surface area contributed by atoms with Crippen LogP contribution < -0.4 is 0 Å². The zero-order valence-electron chi connectivity index (χ0n) is 15.6. The van der Waals surface area contributed by atoms with Crippen molar-refractivity contribution in [2.75, 3.05) is 13.1 Å². The number of benzene rings is 1. The summed E-state index contributed by atoms with van der Waals surface area (Å²) >= 11 is 0. The Morgan fingerprint density at radius 1 is 1.14 bits per heavy atom. The van der Waals surface area contributed by atoms with Crippen LogP contribution in [0.1, 0.15) is 30.4 Å². The van der Waals surface area contributed by atoms with Gasteiger partial charge in [-0.15, -0.1) is 12.8 Å². The molecular formula is C21H22N6O. The van der Waals surface area contributed by atoms with Crippen LogP contribution in [0.4, 0.5) is 4.79 Å². The van der Waals surface area contributed by atoms with Crippen molar-refractivity contribution in [3.8, 4) is 18.9 Å². The number of hydrazine groups is 1. The third-order valence-corrected chi connectivity index (χ3v) is 4.83. The Morgan fingerprint density at radius 2 is 1.89 bits per heavy atom. The van der Waals surface area contributed by atoms with E-state index >= 15 is 0 Å². The molecule has 1 aromatic carbocycles. The minimum Gasteiger partial charge on any atom is -0.357 e. The Kier molecular flexibility index (Phi) is 5.98. The maximum atomic E-state index is 13.2. The first-order valence-corrected chi connectivity index (χ1v) is 9.15. The second-order valence-corrected chi connectivity index (χ2v) is 6.46. The van der Waals surface area contributed by atoms with Crippen LogP contribution in [-0.4, -0.2) is 45.3 Å². The Bertz CT molecular complexity index is 872. The van der Waals surface area contributed by atoms with Crippen molar-refractivity contribution in [1.29, 1.82) is 5.26 Å². The number of aliphatic imine (C=N–C) groups is 1. The lowest BCUT2D eigenvalue weighted by Crippen LogP contribution is -2.54. The van der Waals surface area contributed by atoms with Crippen LogP contribution in [0.15, 0.2) is 53.7 Å². The highest BCUT2D eigenvalue weighted by Crippen LogP contribution is 2.27. The number of urea groups is 1. The number of hydrogen-bond acceptors (Lipinski definition) is 5. The van der Waals surface area contributed by atoms with E-state index in [1.807, 2.05) is 24.4 Å². The standard InChI is InChI=1S/C19H20N6O.C2H2/c20-12-16-6-2-3-7-17(16)13-24-18(22-9-4-1-5-10-22)14-23-15-21-8-11-25(23)19(24)26;1-2/h2-3,6-8,11,14-15H,1,4-5,9-10,13H2;1-2H. The van der Waals surface area contributed by atoms with Gasteiger partial charge in [-0.2, -0.15) is 5.26 Å². The second kappa shape index (κ2) is 8.79. The lowest BCUT2D eigenvalue weighted by atomic mass is 10.1. The number of carbonyl (C=O) groups excluding carboxylic acids is 1. The zero-order chi connectivity index (χ0) is 19.9. The maximum absolute atomic E-state index is 13.2. The summed E-state index contributed by atoms with van der Waals surface area (Å²) in [6.45, 7) is 2.22. The Balaban J connectivity index is 0.00000109. The van der Waals surface area contributed by atoms with Gasteiger partial charge >= 0.3 is 6.03 Å². The molecule has 1 saturated heterocycles. The molecule has 0 bridgehead atoms. The Hall–Kier alpha value is -3.71. The number of nitriles is 1. The predicted molar refractivity (Wildman–Crippen MR) is 107 cm³/mol. The van der Waals surface area contributed by atoms with Crippen LogP contribution in [0.3, 0.4) is 0 Å². The highest BCUT2D eigenvalue weighted by atomic mass is 16.2. The normalized spacial score (nSPS) is 18.0. The van der Waals surface area contributed by atoms with Crippen LogP contribution in [0.5, 0.6) is 0 Å². The fraction of sp³-hybridized carbons (Fsp3) is 0.286. The van der Waals surface area contributed by atoms with Crippen LogP contribution in [0.2, 0.25) is 0 Å². The zero-order valence-corrected chi connectivity index (χ0v) is 15.6. The molecule has 1 fully saturated rings. The van der Waals surface area contributed by atoms with E-state index in [-0.39, 0.29) is 6.03 Å². The first kappa shape index (κ1) is 19.1. The molecule has 2 amide bonds. The number of amides is 2. The molecule has 0 spiro atoms. The third kappa shape index (κ3) is 3.70. The quantitative estimate of drug-likeness (QED) is 0.763. The SMILES string of the molecule is C#C.N#Cc1ccccc1CN1C(=O)N2C=CN=CN2C=C1N1CCCCC1. The number of hydrogen-bond donors (Lipinski definition) is 0. The maximum Gasteiger partial charge on any atom is 0.349 e. The summed E-state index contributed by atoms with van der Waals surface area (Å²) in [6, 6.07) is 9.50. The van der Waals surface area contributed by atoms with Crippen LogP contribution in [-0.2, 0) is 6.54 Å². The summed E-state index contributed by atoms with van der Waals surface area (Å²) in [4.78, 5) is 21.3. The highest BCUT2D eigenvalue weighted by molar-refractivity contribution is 5.81. The van der Waals surface area contributed by atoms with Gasteiger partial charge in [-0.25, -0.2) is 19.8 Å². The smallest absolute Gasteiger partial charge is 0.349 e. The van der Waals surface area contributed by atoms with Gasteiger partial charge in [-0.05, 0) is 30.9 Å². The molecule has 142 valence electrons. The topological polar surface area (TPSA) is 66.2 Å². The molecule has 0 radical (unpaired) electrons. The molecule has 0 saturated carbocycles. The molecule has 0 aliphatic carbocycles. The van der Waals surface area contributed by atoms with Gasteiger partial charge in [0.15, 0.2) is 0 Å². The molecule has 7 nitrogen and oxygen atoms in total. The summed E-state index contributed by atoms with van der Waals surface area (Å²) in [5.74, 6) is 0.862. The van der Waals surface area contributed by atoms with Gasteiger partial charge in [-0.1, -0.05) is 18.2 Å². The number of carbonyl (C=O) groups is 1. The van der Waals surface area contributed by atoms with Gasteiger partial charge in [0, 0.05) is 19.3 Å². The molecule has 3 heterocycles. The van der Waals surface area contributed by atoms with E-state index in [2.05, 4.69) is 28.8 Å². The molecule has 1 aromatic rings. The summed E-state index contributed by atoms with van der Waals surface area (Å²) in [5, 5.41) is 12.6. The van der Waals surface area contributed by atoms with Crippen molar-refractivity contribution < 1.29 is 4.79 Å². The highest BCUT2D eigenvalue weighted by Gasteiger charge is 2.35. The van der Waals surface area contributed by atoms with Crippen LogP contribution >= 0.6 is 0 Å². The van der Waals surface area contributed by atoms with Crippen molar-refractivity contribution in [3.63, 3.8) is 0 Å². The molecule has 3 aliphatic rings. The molecule has 3 aliphatic heterocycles. The largest absolute Gasteiger partial charge is 0.357 e. The summed E-state index contributed by atoms with van der Waals surface area (Å²) in [6.07, 6.45) is 18.3. The van der Waals surface area contributed by atoms with E-state index in [1.165, 1.54) is 11.4 Å². The lowest BCUT2D eigenvalue weighted by molar-refractivity contribution is 0.0835. The van der Waals surface area contributed by atoms with Gasteiger partial charge in [0.2, 0.25) is 0 Å². The van der Waals surface area contributed by atoms with Gasteiger partial charge in [-0.3, -0.25) is 4.90 Å². The number of nitrogens with zero attached hydrogens (tertiary/aromatic N) is 6. The van der Waals surface area contributed by atoms with Crippen molar-refractivity contribution >= 4 is 12.4 Å². The molecule has 7 heteroatoms. The van der Waals surface area contributed by atoms with Gasteiger partial charge in [0.1, 0.15) is 12.2 Å². The monoisotopic (exact) mass is 374 g/mol. The number of fused-ring (bicyclic) bond motifs is 1.